The second kappa shape index (κ2) is 5.76. The molecule has 1 fully saturated rings. The van der Waals surface area contributed by atoms with Crippen molar-refractivity contribution in [1.29, 1.82) is 0 Å². The van der Waals surface area contributed by atoms with E-state index in [-0.39, 0.29) is 5.78 Å². The lowest BCUT2D eigenvalue weighted by atomic mass is 9.91. The maximum atomic E-state index is 12.0. The zero-order valence-electron chi connectivity index (χ0n) is 10.7. The number of Topliss-reactive ketones (excluding diaryl/α,β-unsaturated/α-hetero) is 1. The Morgan fingerprint density at radius 2 is 2.35 bits per heavy atom. The van der Waals surface area contributed by atoms with E-state index < -0.39 is 0 Å². The third-order valence-corrected chi connectivity index (χ3v) is 4.90. The molecule has 17 heavy (non-hydrogen) atoms. The number of ketones is 1. The second-order valence-corrected chi connectivity index (χ2v) is 6.42. The fourth-order valence-corrected chi connectivity index (χ4v) is 3.88. The summed E-state index contributed by atoms with van der Waals surface area (Å²) in [6, 6.07) is 3.84. The summed E-state index contributed by atoms with van der Waals surface area (Å²) >= 11 is 1.85. The highest BCUT2D eigenvalue weighted by Crippen LogP contribution is 2.32. The van der Waals surface area contributed by atoms with Gasteiger partial charge < -0.3 is 4.57 Å². The summed E-state index contributed by atoms with van der Waals surface area (Å²) in [6.45, 7) is 2.33. The van der Waals surface area contributed by atoms with E-state index in [1.807, 2.05) is 41.7 Å². The molecule has 0 saturated heterocycles. The van der Waals surface area contributed by atoms with Crippen molar-refractivity contribution in [3.63, 3.8) is 0 Å². The monoisotopic (exact) mass is 251 g/mol. The van der Waals surface area contributed by atoms with E-state index in [0.29, 0.717) is 11.0 Å². The van der Waals surface area contributed by atoms with Crippen LogP contribution in [0, 0.1) is 5.92 Å². The van der Waals surface area contributed by atoms with E-state index in [1.54, 1.807) is 0 Å². The minimum atomic E-state index is 0.265. The summed E-state index contributed by atoms with van der Waals surface area (Å²) in [6.07, 6.45) is 7.20. The summed E-state index contributed by atoms with van der Waals surface area (Å²) in [5, 5.41) is 0.697. The van der Waals surface area contributed by atoms with Crippen LogP contribution in [0.5, 0.6) is 0 Å². The van der Waals surface area contributed by atoms with E-state index in [2.05, 4.69) is 6.92 Å². The van der Waals surface area contributed by atoms with Crippen molar-refractivity contribution in [2.75, 3.05) is 5.75 Å². The van der Waals surface area contributed by atoms with Gasteiger partial charge in [0, 0.05) is 18.5 Å². The van der Waals surface area contributed by atoms with Gasteiger partial charge in [0.15, 0.2) is 5.78 Å². The molecule has 0 amide bonds. The van der Waals surface area contributed by atoms with Gasteiger partial charge in [-0.2, -0.15) is 11.8 Å². The molecule has 2 rings (SSSR count). The lowest BCUT2D eigenvalue weighted by molar-refractivity contribution is 0.101. The molecule has 1 aliphatic rings. The highest BCUT2D eigenvalue weighted by Gasteiger charge is 2.20. The third-order valence-electron chi connectivity index (χ3n) is 3.57. The summed E-state index contributed by atoms with van der Waals surface area (Å²) in [4.78, 5) is 12.0. The number of nitrogens with zero attached hydrogens (tertiary/aromatic N) is 1. The Hall–Kier alpha value is -0.700. The second-order valence-electron chi connectivity index (χ2n) is 5.13. The summed E-state index contributed by atoms with van der Waals surface area (Å²) in [7, 11) is 1.93. The Kier molecular flexibility index (Phi) is 4.32. The van der Waals surface area contributed by atoms with Crippen LogP contribution < -0.4 is 0 Å². The van der Waals surface area contributed by atoms with Gasteiger partial charge in [0.05, 0.1) is 11.4 Å². The minimum Gasteiger partial charge on any atom is -0.348 e. The van der Waals surface area contributed by atoms with Crippen molar-refractivity contribution in [2.45, 2.75) is 37.9 Å². The third kappa shape index (κ3) is 3.38. The Labute approximate surface area is 108 Å². The van der Waals surface area contributed by atoms with Crippen molar-refractivity contribution in [1.82, 2.24) is 4.57 Å². The number of hydrogen-bond donors (Lipinski definition) is 0. The highest BCUT2D eigenvalue weighted by molar-refractivity contribution is 8.00. The SMILES string of the molecule is CC1CCCC(SCC(=O)c2cccn2C)C1. The van der Waals surface area contributed by atoms with Gasteiger partial charge in [-0.1, -0.05) is 19.8 Å². The van der Waals surface area contributed by atoms with Gasteiger partial charge in [-0.25, -0.2) is 0 Å². The molecule has 1 heterocycles. The number of aromatic nitrogens is 1. The minimum absolute atomic E-state index is 0.265. The first-order chi connectivity index (χ1) is 8.16. The number of hydrogen-bond acceptors (Lipinski definition) is 2. The quantitative estimate of drug-likeness (QED) is 0.764. The Bertz CT molecular complexity index is 385. The van der Waals surface area contributed by atoms with E-state index in [1.165, 1.54) is 25.7 Å². The lowest BCUT2D eigenvalue weighted by Gasteiger charge is -2.25. The molecular weight excluding hydrogens is 230 g/mol. The van der Waals surface area contributed by atoms with Gasteiger partial charge in [0.25, 0.3) is 0 Å². The van der Waals surface area contributed by atoms with Crippen LogP contribution in [-0.2, 0) is 7.05 Å². The molecule has 0 bridgehead atoms. The number of thioether (sulfide) groups is 1. The van der Waals surface area contributed by atoms with Crippen LogP contribution in [0.4, 0.5) is 0 Å². The first kappa shape index (κ1) is 12.7. The summed E-state index contributed by atoms with van der Waals surface area (Å²) in [5.41, 5.74) is 0.835. The molecular formula is C14H21NOS. The molecule has 2 atom stereocenters. The molecule has 0 spiro atoms. The largest absolute Gasteiger partial charge is 0.348 e. The molecule has 0 N–H and O–H groups in total. The number of rotatable bonds is 4. The van der Waals surface area contributed by atoms with Gasteiger partial charge in [-0.05, 0) is 30.9 Å². The highest BCUT2D eigenvalue weighted by atomic mass is 32.2. The van der Waals surface area contributed by atoms with Crippen molar-refractivity contribution >= 4 is 17.5 Å². The van der Waals surface area contributed by atoms with Gasteiger partial charge in [0.2, 0.25) is 0 Å². The van der Waals surface area contributed by atoms with E-state index in [9.17, 15) is 4.79 Å². The van der Waals surface area contributed by atoms with Crippen LogP contribution in [0.2, 0.25) is 0 Å². The maximum Gasteiger partial charge on any atom is 0.189 e. The van der Waals surface area contributed by atoms with E-state index in [0.717, 1.165) is 11.6 Å². The average Bonchev–Trinajstić information content (AvgIpc) is 2.72. The van der Waals surface area contributed by atoms with Crippen LogP contribution in [0.1, 0.15) is 43.1 Å². The van der Waals surface area contributed by atoms with E-state index in [4.69, 9.17) is 0 Å². The zero-order chi connectivity index (χ0) is 12.3. The van der Waals surface area contributed by atoms with Crippen LogP contribution in [-0.4, -0.2) is 21.4 Å². The normalized spacial score (nSPS) is 24.8. The van der Waals surface area contributed by atoms with Crippen molar-refractivity contribution in [3.05, 3.63) is 24.0 Å². The molecule has 0 radical (unpaired) electrons. The first-order valence-corrected chi connectivity index (χ1v) is 7.48. The number of aryl methyl sites for hydroxylation is 1. The van der Waals surface area contributed by atoms with Crippen LogP contribution in [0.15, 0.2) is 18.3 Å². The average molecular weight is 251 g/mol. The molecule has 2 unspecified atom stereocenters. The van der Waals surface area contributed by atoms with Gasteiger partial charge in [0.1, 0.15) is 0 Å². The fraction of sp³-hybridized carbons (Fsp3) is 0.643. The predicted octanol–water partition coefficient (Wildman–Crippen LogP) is 3.52. The molecule has 0 aliphatic heterocycles. The molecule has 0 aromatic carbocycles. The van der Waals surface area contributed by atoms with Crippen molar-refractivity contribution < 1.29 is 4.79 Å². The molecule has 3 heteroatoms. The molecule has 1 saturated carbocycles. The predicted molar refractivity (Wildman–Crippen MR) is 73.6 cm³/mol. The van der Waals surface area contributed by atoms with E-state index >= 15 is 0 Å². The maximum absolute atomic E-state index is 12.0. The molecule has 94 valence electrons. The first-order valence-electron chi connectivity index (χ1n) is 6.43. The van der Waals surface area contributed by atoms with Crippen molar-refractivity contribution in [3.8, 4) is 0 Å². The smallest absolute Gasteiger partial charge is 0.189 e. The number of carbonyl (C=O) groups excluding carboxylic acids is 1. The lowest BCUT2D eigenvalue weighted by Crippen LogP contribution is -2.17. The molecule has 1 aromatic heterocycles. The summed E-state index contributed by atoms with van der Waals surface area (Å²) in [5.74, 6) is 1.74. The topological polar surface area (TPSA) is 22.0 Å². The fourth-order valence-electron chi connectivity index (χ4n) is 2.55. The van der Waals surface area contributed by atoms with Crippen LogP contribution in [0.3, 0.4) is 0 Å². The van der Waals surface area contributed by atoms with Crippen molar-refractivity contribution in [2.24, 2.45) is 13.0 Å². The standard InChI is InChI=1S/C14H21NOS/c1-11-5-3-6-12(9-11)17-10-14(16)13-7-4-8-15(13)2/h4,7-8,11-12H,3,5-6,9-10H2,1-2H3. The Balaban J connectivity index is 1.82. The van der Waals surface area contributed by atoms with Gasteiger partial charge >= 0.3 is 0 Å². The summed E-state index contributed by atoms with van der Waals surface area (Å²) < 4.78 is 1.91. The zero-order valence-corrected chi connectivity index (χ0v) is 11.5. The Morgan fingerprint density at radius 3 is 3.00 bits per heavy atom. The van der Waals surface area contributed by atoms with Crippen LogP contribution >= 0.6 is 11.8 Å². The Morgan fingerprint density at radius 1 is 1.53 bits per heavy atom. The number of carbonyl (C=O) groups is 1. The van der Waals surface area contributed by atoms with Crippen LogP contribution in [0.25, 0.3) is 0 Å². The molecule has 2 nitrogen and oxygen atoms in total. The van der Waals surface area contributed by atoms with Gasteiger partial charge in [-0.15, -0.1) is 0 Å². The molecule has 1 aliphatic carbocycles. The van der Waals surface area contributed by atoms with Gasteiger partial charge in [-0.3, -0.25) is 4.79 Å². The molecule has 1 aromatic rings.